The van der Waals surface area contributed by atoms with E-state index in [0.717, 1.165) is 38.9 Å². The van der Waals surface area contributed by atoms with Crippen molar-refractivity contribution in [2.24, 2.45) is 0 Å². The van der Waals surface area contributed by atoms with Crippen molar-refractivity contribution >= 4 is 0 Å². The van der Waals surface area contributed by atoms with Gasteiger partial charge in [-0.15, -0.1) is 0 Å². The van der Waals surface area contributed by atoms with E-state index in [1.165, 1.54) is 33.4 Å². The first-order valence-electron chi connectivity index (χ1n) is 12.5. The summed E-state index contributed by atoms with van der Waals surface area (Å²) < 4.78 is 21.8. The summed E-state index contributed by atoms with van der Waals surface area (Å²) in [6.07, 6.45) is 4.19. The molecule has 0 aromatic heterocycles. The van der Waals surface area contributed by atoms with E-state index in [2.05, 4.69) is 50.2 Å². The summed E-state index contributed by atoms with van der Waals surface area (Å²) in [6, 6.07) is 13.9. The molecule has 0 saturated carbocycles. The maximum absolute atomic E-state index is 5.81. The molecule has 1 aliphatic carbocycles. The Kier molecular flexibility index (Phi) is 14.3. The molecule has 0 radical (unpaired) electrons. The van der Waals surface area contributed by atoms with Crippen molar-refractivity contribution in [1.82, 2.24) is 0 Å². The van der Waals surface area contributed by atoms with Gasteiger partial charge in [-0.05, 0) is 61.8 Å². The second-order valence-electron chi connectivity index (χ2n) is 8.60. The summed E-state index contributed by atoms with van der Waals surface area (Å²) >= 11 is 0. The summed E-state index contributed by atoms with van der Waals surface area (Å²) in [4.78, 5) is 0. The predicted octanol–water partition coefficient (Wildman–Crippen LogP) is 7.12. The number of rotatable bonds is 14. The molecule has 0 unspecified atom stereocenters. The van der Waals surface area contributed by atoms with Crippen molar-refractivity contribution in [3.63, 3.8) is 0 Å². The molecule has 0 aliphatic heterocycles. The van der Waals surface area contributed by atoms with E-state index in [-0.39, 0.29) is 12.8 Å². The Labute approximate surface area is 209 Å². The van der Waals surface area contributed by atoms with Crippen molar-refractivity contribution in [2.45, 2.75) is 66.2 Å². The van der Waals surface area contributed by atoms with E-state index in [0.29, 0.717) is 26.4 Å². The Bertz CT molecular complexity index is 761. The van der Waals surface area contributed by atoms with Crippen LogP contribution in [0.25, 0.3) is 11.1 Å². The van der Waals surface area contributed by atoms with Crippen LogP contribution >= 0.6 is 0 Å². The molecular weight excluding hydrogens is 424 g/mol. The molecule has 0 heterocycles. The number of methoxy groups -OCH3 is 2. The van der Waals surface area contributed by atoms with Crippen LogP contribution in [0.1, 0.15) is 69.2 Å². The van der Waals surface area contributed by atoms with Crippen LogP contribution in [0.4, 0.5) is 0 Å². The van der Waals surface area contributed by atoms with E-state index in [9.17, 15) is 0 Å². The Balaban J connectivity index is 0.00000188. The molecule has 4 nitrogen and oxygen atoms in total. The van der Waals surface area contributed by atoms with Crippen LogP contribution in [0.5, 0.6) is 0 Å². The van der Waals surface area contributed by atoms with E-state index in [1.54, 1.807) is 14.2 Å². The highest BCUT2D eigenvalue weighted by atomic mass is 16.5. The minimum atomic E-state index is 0. The molecule has 192 valence electrons. The summed E-state index contributed by atoms with van der Waals surface area (Å²) in [5.41, 5.74) is 8.38. The molecule has 1 aliphatic rings. The number of aryl methyl sites for hydroxylation is 2. The standard InChI is InChI=1S/C27H38O4.C2H6.CH4/c1-21-7-9-23-24-10-8-22(2)20-26(24)27(25(23)19-21,11-5-13-30-17-15-28-3)12-6-14-31-18-16-29-4;1-2;/h7-10,19-20H,5-6,11-18H2,1-4H3;1-2H3;1H4. The van der Waals surface area contributed by atoms with Gasteiger partial charge in [-0.3, -0.25) is 0 Å². The highest BCUT2D eigenvalue weighted by molar-refractivity contribution is 5.81. The van der Waals surface area contributed by atoms with E-state index in [1.807, 2.05) is 13.8 Å². The van der Waals surface area contributed by atoms with Crippen LogP contribution in [0.3, 0.4) is 0 Å². The highest BCUT2D eigenvalue weighted by Crippen LogP contribution is 2.54. The van der Waals surface area contributed by atoms with Gasteiger partial charge < -0.3 is 18.9 Å². The number of ether oxygens (including phenoxy) is 4. The van der Waals surface area contributed by atoms with Gasteiger partial charge in [0.15, 0.2) is 0 Å². The third-order valence-corrected chi connectivity index (χ3v) is 6.32. The van der Waals surface area contributed by atoms with E-state index < -0.39 is 0 Å². The number of hydrogen-bond acceptors (Lipinski definition) is 4. The van der Waals surface area contributed by atoms with Crippen LogP contribution in [0, 0.1) is 13.8 Å². The van der Waals surface area contributed by atoms with E-state index >= 15 is 0 Å². The molecule has 0 fully saturated rings. The molecule has 34 heavy (non-hydrogen) atoms. The summed E-state index contributed by atoms with van der Waals surface area (Å²) in [6.45, 7) is 12.5. The fourth-order valence-corrected chi connectivity index (χ4v) is 4.83. The van der Waals surface area contributed by atoms with Crippen LogP contribution in [0.15, 0.2) is 36.4 Å². The third kappa shape index (κ3) is 7.64. The second kappa shape index (κ2) is 16.0. The fourth-order valence-electron chi connectivity index (χ4n) is 4.83. The fraction of sp³-hybridized carbons (Fsp3) is 0.600. The molecule has 3 rings (SSSR count). The van der Waals surface area contributed by atoms with Gasteiger partial charge in [0, 0.05) is 32.8 Å². The zero-order chi connectivity index (χ0) is 24.1. The minimum Gasteiger partial charge on any atom is -0.382 e. The smallest absolute Gasteiger partial charge is 0.0700 e. The zero-order valence-corrected chi connectivity index (χ0v) is 21.7. The largest absolute Gasteiger partial charge is 0.382 e. The molecule has 0 spiro atoms. The van der Waals surface area contributed by atoms with Crippen molar-refractivity contribution in [2.75, 3.05) is 53.9 Å². The average Bonchev–Trinajstić information content (AvgIpc) is 3.08. The lowest BCUT2D eigenvalue weighted by Gasteiger charge is -2.33. The van der Waals surface area contributed by atoms with Crippen LogP contribution in [-0.2, 0) is 24.4 Å². The lowest BCUT2D eigenvalue weighted by Crippen LogP contribution is -2.27. The first-order chi connectivity index (χ1) is 16.1. The molecule has 0 bridgehead atoms. The number of benzene rings is 2. The molecule has 0 saturated heterocycles. The molecule has 2 aromatic rings. The Morgan fingerprint density at radius 1 is 0.618 bits per heavy atom. The molecule has 0 atom stereocenters. The van der Waals surface area contributed by atoms with Crippen LogP contribution in [-0.4, -0.2) is 53.9 Å². The predicted molar refractivity (Wildman–Crippen MR) is 144 cm³/mol. The van der Waals surface area contributed by atoms with Gasteiger partial charge in [0.1, 0.15) is 0 Å². The summed E-state index contributed by atoms with van der Waals surface area (Å²) in [5, 5.41) is 0. The molecule has 0 amide bonds. The van der Waals surface area contributed by atoms with Crippen molar-refractivity contribution in [3.05, 3.63) is 58.7 Å². The van der Waals surface area contributed by atoms with Crippen molar-refractivity contribution in [1.29, 1.82) is 0 Å². The van der Waals surface area contributed by atoms with Crippen LogP contribution < -0.4 is 0 Å². The van der Waals surface area contributed by atoms with Crippen molar-refractivity contribution in [3.8, 4) is 11.1 Å². The first kappa shape index (κ1) is 30.3. The van der Waals surface area contributed by atoms with Gasteiger partial charge in [0.25, 0.3) is 0 Å². The summed E-state index contributed by atoms with van der Waals surface area (Å²) in [7, 11) is 3.42. The van der Waals surface area contributed by atoms with Gasteiger partial charge in [-0.2, -0.15) is 0 Å². The Morgan fingerprint density at radius 2 is 1.03 bits per heavy atom. The average molecular weight is 473 g/mol. The third-order valence-electron chi connectivity index (χ3n) is 6.32. The quantitative estimate of drug-likeness (QED) is 0.274. The van der Waals surface area contributed by atoms with E-state index in [4.69, 9.17) is 18.9 Å². The molecular formula is C30H48O4. The summed E-state index contributed by atoms with van der Waals surface area (Å²) in [5.74, 6) is 0. The minimum absolute atomic E-state index is 0. The monoisotopic (exact) mass is 472 g/mol. The topological polar surface area (TPSA) is 36.9 Å². The zero-order valence-electron chi connectivity index (χ0n) is 21.7. The van der Waals surface area contributed by atoms with Gasteiger partial charge >= 0.3 is 0 Å². The molecule has 4 heteroatoms. The maximum Gasteiger partial charge on any atom is 0.0700 e. The molecule has 0 N–H and O–H groups in total. The normalized spacial score (nSPS) is 12.9. The number of hydrogen-bond donors (Lipinski definition) is 0. The SMILES string of the molecule is C.CC.COCCOCCCC1(CCCOCCOC)c2cc(C)ccc2-c2ccc(C)cc21. The van der Waals surface area contributed by atoms with Gasteiger partial charge in [0.2, 0.25) is 0 Å². The van der Waals surface area contributed by atoms with Crippen molar-refractivity contribution < 1.29 is 18.9 Å². The first-order valence-corrected chi connectivity index (χ1v) is 12.5. The Hall–Kier alpha value is -1.72. The molecule has 2 aromatic carbocycles. The number of fused-ring (bicyclic) bond motifs is 3. The Morgan fingerprint density at radius 3 is 1.41 bits per heavy atom. The maximum atomic E-state index is 5.81. The lowest BCUT2D eigenvalue weighted by atomic mass is 9.71. The van der Waals surface area contributed by atoms with Crippen LogP contribution in [0.2, 0.25) is 0 Å². The van der Waals surface area contributed by atoms with Gasteiger partial charge in [-0.25, -0.2) is 0 Å². The lowest BCUT2D eigenvalue weighted by molar-refractivity contribution is 0.0629. The highest BCUT2D eigenvalue weighted by Gasteiger charge is 2.42. The van der Waals surface area contributed by atoms with Gasteiger partial charge in [0.05, 0.1) is 26.4 Å². The second-order valence-corrected chi connectivity index (χ2v) is 8.60. The van der Waals surface area contributed by atoms with Gasteiger partial charge in [-0.1, -0.05) is 68.8 Å².